The van der Waals surface area contributed by atoms with Gasteiger partial charge in [-0.25, -0.2) is 0 Å². The molecule has 0 atom stereocenters. The van der Waals surface area contributed by atoms with Gasteiger partial charge in [-0.1, -0.05) is 49.6 Å². The van der Waals surface area contributed by atoms with Crippen LogP contribution in [0.15, 0.2) is 48.5 Å². The minimum atomic E-state index is 0.0454. The van der Waals surface area contributed by atoms with E-state index in [1.54, 1.807) is 13.2 Å². The van der Waals surface area contributed by atoms with Crippen LogP contribution < -0.4 is 9.47 Å². The molecule has 0 N–H and O–H groups in total. The molecule has 1 aliphatic heterocycles. The van der Waals surface area contributed by atoms with Gasteiger partial charge in [0.15, 0.2) is 11.5 Å². The Morgan fingerprint density at radius 1 is 0.903 bits per heavy atom. The fraction of sp³-hybridized carbons (Fsp3) is 0.500. The number of hydrogen-bond donors (Lipinski definition) is 0. The number of ether oxygens (including phenoxy) is 3. The first kappa shape index (κ1) is 21.7. The number of carbonyl (C=O) groups is 1. The summed E-state index contributed by atoms with van der Waals surface area (Å²) in [6, 6.07) is 15.4. The molecule has 1 saturated carbocycles. The van der Waals surface area contributed by atoms with Crippen molar-refractivity contribution < 1.29 is 19.0 Å². The van der Waals surface area contributed by atoms with Gasteiger partial charge in [-0.3, -0.25) is 4.79 Å². The predicted molar refractivity (Wildman–Crippen MR) is 121 cm³/mol. The Hall–Kier alpha value is -2.53. The first-order valence-corrected chi connectivity index (χ1v) is 11.5. The van der Waals surface area contributed by atoms with E-state index >= 15 is 0 Å². The van der Waals surface area contributed by atoms with E-state index < -0.39 is 0 Å². The monoisotopic (exact) mass is 423 g/mol. The summed E-state index contributed by atoms with van der Waals surface area (Å²) >= 11 is 0. The summed E-state index contributed by atoms with van der Waals surface area (Å²) in [5, 5.41) is 0. The number of benzene rings is 2. The van der Waals surface area contributed by atoms with Crippen molar-refractivity contribution in [2.45, 2.75) is 63.8 Å². The van der Waals surface area contributed by atoms with Crippen LogP contribution in [0.5, 0.6) is 11.5 Å². The Morgan fingerprint density at radius 2 is 1.61 bits per heavy atom. The molecule has 5 nitrogen and oxygen atoms in total. The van der Waals surface area contributed by atoms with E-state index in [2.05, 4.69) is 0 Å². The summed E-state index contributed by atoms with van der Waals surface area (Å²) in [6.45, 7) is 1.94. The highest BCUT2D eigenvalue weighted by Crippen LogP contribution is 2.30. The zero-order valence-corrected chi connectivity index (χ0v) is 18.4. The van der Waals surface area contributed by atoms with Gasteiger partial charge >= 0.3 is 0 Å². The van der Waals surface area contributed by atoms with Gasteiger partial charge < -0.3 is 19.1 Å². The summed E-state index contributed by atoms with van der Waals surface area (Å²) in [5.74, 6) is 1.27. The molecular formula is C26H33NO4. The molecule has 1 saturated heterocycles. The van der Waals surface area contributed by atoms with Crippen molar-refractivity contribution in [3.05, 3.63) is 59.7 Å². The number of hydrogen-bond acceptors (Lipinski definition) is 4. The summed E-state index contributed by atoms with van der Waals surface area (Å²) in [6.07, 6.45) is 8.84. The third kappa shape index (κ3) is 5.79. The molecule has 1 heterocycles. The maximum atomic E-state index is 13.0. The highest BCUT2D eigenvalue weighted by molar-refractivity contribution is 5.95. The summed E-state index contributed by atoms with van der Waals surface area (Å²) < 4.78 is 17.7. The number of carbonyl (C=O) groups excluding carboxylic acids is 1. The van der Waals surface area contributed by atoms with Crippen LogP contribution in [0.3, 0.4) is 0 Å². The van der Waals surface area contributed by atoms with Gasteiger partial charge in [0, 0.05) is 18.7 Å². The van der Waals surface area contributed by atoms with Crippen LogP contribution in [-0.2, 0) is 11.3 Å². The van der Waals surface area contributed by atoms with Crippen LogP contribution in [0.25, 0.3) is 0 Å². The summed E-state index contributed by atoms with van der Waals surface area (Å²) in [4.78, 5) is 15.0. The Labute approximate surface area is 185 Å². The Bertz CT molecular complexity index is 840. The first-order valence-electron chi connectivity index (χ1n) is 11.5. The molecule has 0 radical (unpaired) electrons. The van der Waals surface area contributed by atoms with Crippen molar-refractivity contribution in [1.82, 2.24) is 4.90 Å². The lowest BCUT2D eigenvalue weighted by molar-refractivity contribution is -0.0527. The smallest absolute Gasteiger partial charge is 0.253 e. The van der Waals surface area contributed by atoms with E-state index in [1.165, 1.54) is 32.1 Å². The molecule has 0 spiro atoms. The number of nitrogens with zero attached hydrogens (tertiary/aromatic N) is 1. The maximum Gasteiger partial charge on any atom is 0.253 e. The topological polar surface area (TPSA) is 48.0 Å². The molecule has 0 aromatic heterocycles. The molecule has 2 fully saturated rings. The number of rotatable bonds is 7. The summed E-state index contributed by atoms with van der Waals surface area (Å²) in [5.41, 5.74) is 1.72. The van der Waals surface area contributed by atoms with E-state index in [4.69, 9.17) is 14.2 Å². The van der Waals surface area contributed by atoms with Gasteiger partial charge in [-0.05, 0) is 49.4 Å². The second-order valence-corrected chi connectivity index (χ2v) is 8.53. The molecule has 5 heteroatoms. The van der Waals surface area contributed by atoms with Gasteiger partial charge in [-0.15, -0.1) is 0 Å². The molecule has 2 aromatic rings. The Balaban J connectivity index is 1.32. The fourth-order valence-electron chi connectivity index (χ4n) is 4.51. The lowest BCUT2D eigenvalue weighted by Crippen LogP contribution is -2.42. The Morgan fingerprint density at radius 3 is 2.32 bits per heavy atom. The van der Waals surface area contributed by atoms with Crippen molar-refractivity contribution in [3.63, 3.8) is 0 Å². The number of amides is 1. The highest BCUT2D eigenvalue weighted by atomic mass is 16.5. The first-order chi connectivity index (χ1) is 15.2. The average molecular weight is 424 g/mol. The number of likely N-dealkylation sites (tertiary alicyclic amines) is 1. The highest BCUT2D eigenvalue weighted by Gasteiger charge is 2.27. The predicted octanol–water partition coefficient (Wildman–Crippen LogP) is 5.23. The number of methoxy groups -OCH3 is 1. The van der Waals surface area contributed by atoms with Gasteiger partial charge in [0.1, 0.15) is 6.61 Å². The van der Waals surface area contributed by atoms with Crippen molar-refractivity contribution in [2.24, 2.45) is 0 Å². The van der Waals surface area contributed by atoms with Crippen LogP contribution in [0.2, 0.25) is 0 Å². The molecule has 1 aliphatic carbocycles. The molecule has 166 valence electrons. The average Bonchev–Trinajstić information content (AvgIpc) is 2.84. The quantitative estimate of drug-likeness (QED) is 0.612. The fourth-order valence-corrected chi connectivity index (χ4v) is 4.51. The van der Waals surface area contributed by atoms with Gasteiger partial charge in [0.05, 0.1) is 19.3 Å². The molecule has 0 bridgehead atoms. The minimum Gasteiger partial charge on any atom is -0.493 e. The zero-order chi connectivity index (χ0) is 21.5. The lowest BCUT2D eigenvalue weighted by Gasteiger charge is -2.35. The zero-order valence-electron chi connectivity index (χ0n) is 18.4. The van der Waals surface area contributed by atoms with Crippen molar-refractivity contribution in [2.75, 3.05) is 20.2 Å². The molecular weight excluding hydrogens is 390 g/mol. The van der Waals surface area contributed by atoms with Gasteiger partial charge in [-0.2, -0.15) is 0 Å². The largest absolute Gasteiger partial charge is 0.493 e. The van der Waals surface area contributed by atoms with E-state index in [0.717, 1.165) is 31.5 Å². The van der Waals surface area contributed by atoms with Crippen molar-refractivity contribution in [3.8, 4) is 11.5 Å². The van der Waals surface area contributed by atoms with Crippen LogP contribution in [0.4, 0.5) is 0 Å². The van der Waals surface area contributed by atoms with Crippen LogP contribution in [0.1, 0.15) is 60.9 Å². The third-order valence-electron chi connectivity index (χ3n) is 6.31. The van der Waals surface area contributed by atoms with Gasteiger partial charge in [0.25, 0.3) is 5.91 Å². The second-order valence-electron chi connectivity index (χ2n) is 8.53. The van der Waals surface area contributed by atoms with Crippen molar-refractivity contribution >= 4 is 5.91 Å². The molecule has 1 amide bonds. The van der Waals surface area contributed by atoms with Crippen LogP contribution >= 0.6 is 0 Å². The SMILES string of the molecule is COc1cc(C(=O)N2CCC(OC3CCCCC3)CC2)ccc1OCc1ccccc1. The lowest BCUT2D eigenvalue weighted by atomic mass is 9.97. The van der Waals surface area contributed by atoms with E-state index in [-0.39, 0.29) is 12.0 Å². The Kier molecular flexibility index (Phi) is 7.47. The third-order valence-corrected chi connectivity index (χ3v) is 6.31. The van der Waals surface area contributed by atoms with E-state index in [0.29, 0.717) is 29.8 Å². The molecule has 31 heavy (non-hydrogen) atoms. The van der Waals surface area contributed by atoms with E-state index in [9.17, 15) is 4.79 Å². The normalized spacial score (nSPS) is 18.0. The van der Waals surface area contributed by atoms with Crippen LogP contribution in [-0.4, -0.2) is 43.2 Å². The minimum absolute atomic E-state index is 0.0454. The van der Waals surface area contributed by atoms with Gasteiger partial charge in [0.2, 0.25) is 0 Å². The summed E-state index contributed by atoms with van der Waals surface area (Å²) in [7, 11) is 1.60. The molecule has 2 aromatic carbocycles. The molecule has 2 aliphatic rings. The van der Waals surface area contributed by atoms with Crippen molar-refractivity contribution in [1.29, 1.82) is 0 Å². The van der Waals surface area contributed by atoms with Crippen LogP contribution in [0, 0.1) is 0 Å². The standard InChI is InChI=1S/C26H33NO4/c1-29-25-18-21(12-13-24(25)30-19-20-8-4-2-5-9-20)26(28)27-16-14-23(15-17-27)31-22-10-6-3-7-11-22/h2,4-5,8-9,12-13,18,22-23H,3,6-7,10-11,14-17,19H2,1H3. The van der Waals surface area contributed by atoms with E-state index in [1.807, 2.05) is 47.4 Å². The molecule has 0 unspecified atom stereocenters. The second kappa shape index (κ2) is 10.7. The number of piperidine rings is 1. The molecule has 4 rings (SSSR count). The maximum absolute atomic E-state index is 13.0.